The second-order valence-electron chi connectivity index (χ2n) is 4.52. The quantitative estimate of drug-likeness (QED) is 0.825. The van der Waals surface area contributed by atoms with Gasteiger partial charge in [0.05, 0.1) is 5.52 Å². The maximum Gasteiger partial charge on any atom is 0.419 e. The molecule has 2 aromatic rings. The lowest BCUT2D eigenvalue weighted by molar-refractivity contribution is 0.528. The lowest BCUT2D eigenvalue weighted by Gasteiger charge is -2.14. The van der Waals surface area contributed by atoms with Crippen molar-refractivity contribution in [1.29, 1.82) is 0 Å². The van der Waals surface area contributed by atoms with Crippen LogP contribution in [0.5, 0.6) is 0 Å². The van der Waals surface area contributed by atoms with E-state index in [0.29, 0.717) is 11.6 Å². The van der Waals surface area contributed by atoms with E-state index in [4.69, 9.17) is 4.42 Å². The van der Waals surface area contributed by atoms with Crippen LogP contribution in [0.25, 0.3) is 11.1 Å². The van der Waals surface area contributed by atoms with Crippen LogP contribution < -0.4 is 11.1 Å². The number of benzene rings is 1. The van der Waals surface area contributed by atoms with E-state index in [2.05, 4.69) is 18.8 Å². The molecule has 0 aliphatic carbocycles. The van der Waals surface area contributed by atoms with Gasteiger partial charge < -0.3 is 9.73 Å². The van der Waals surface area contributed by atoms with Crippen LogP contribution in [-0.2, 0) is 7.05 Å². The topological polar surface area (TPSA) is 47.2 Å². The Labute approximate surface area is 106 Å². The first-order chi connectivity index (χ1) is 8.61. The number of nitrogens with zero attached hydrogens (tertiary/aromatic N) is 1. The summed E-state index contributed by atoms with van der Waals surface area (Å²) in [5.41, 5.74) is 2.39. The average molecular weight is 246 g/mol. The highest BCUT2D eigenvalue weighted by Crippen LogP contribution is 2.19. The SMILES string of the molecule is C=CCCC(C)Nc1ccc2c(c1)oc(=O)n2C. The van der Waals surface area contributed by atoms with Crippen molar-refractivity contribution in [2.24, 2.45) is 7.05 Å². The third-order valence-corrected chi connectivity index (χ3v) is 3.01. The number of anilines is 1. The minimum absolute atomic E-state index is 0.332. The van der Waals surface area contributed by atoms with E-state index in [1.165, 1.54) is 4.57 Å². The summed E-state index contributed by atoms with van der Waals surface area (Å²) in [6.45, 7) is 5.83. The van der Waals surface area contributed by atoms with Crippen molar-refractivity contribution in [3.63, 3.8) is 0 Å². The summed E-state index contributed by atoms with van der Waals surface area (Å²) >= 11 is 0. The Kier molecular flexibility index (Phi) is 3.55. The van der Waals surface area contributed by atoms with E-state index < -0.39 is 0 Å². The molecule has 0 radical (unpaired) electrons. The van der Waals surface area contributed by atoms with Crippen LogP contribution in [0, 0.1) is 0 Å². The molecule has 1 aromatic carbocycles. The highest BCUT2D eigenvalue weighted by Gasteiger charge is 2.07. The van der Waals surface area contributed by atoms with Crippen molar-refractivity contribution in [2.75, 3.05) is 5.32 Å². The van der Waals surface area contributed by atoms with E-state index in [0.717, 1.165) is 24.0 Å². The van der Waals surface area contributed by atoms with E-state index in [1.54, 1.807) is 7.05 Å². The van der Waals surface area contributed by atoms with Gasteiger partial charge in [0, 0.05) is 24.8 Å². The molecule has 96 valence electrons. The molecule has 2 rings (SSSR count). The summed E-state index contributed by atoms with van der Waals surface area (Å²) in [5, 5.41) is 3.38. The molecule has 1 aromatic heterocycles. The third kappa shape index (κ3) is 2.47. The van der Waals surface area contributed by atoms with Crippen LogP contribution in [0.15, 0.2) is 40.1 Å². The zero-order chi connectivity index (χ0) is 13.1. The monoisotopic (exact) mass is 246 g/mol. The molecular weight excluding hydrogens is 228 g/mol. The standard InChI is InChI=1S/C14H18N2O2/c1-4-5-6-10(2)15-11-7-8-12-13(9-11)18-14(17)16(12)3/h4,7-10,15H,1,5-6H2,2-3H3. The number of rotatable bonds is 5. The molecule has 18 heavy (non-hydrogen) atoms. The summed E-state index contributed by atoms with van der Waals surface area (Å²) in [6.07, 6.45) is 3.93. The number of aryl methyl sites for hydroxylation is 1. The highest BCUT2D eigenvalue weighted by molar-refractivity contribution is 5.77. The first kappa shape index (κ1) is 12.5. The van der Waals surface area contributed by atoms with Crippen LogP contribution in [0.1, 0.15) is 19.8 Å². The Morgan fingerprint density at radius 3 is 3.06 bits per heavy atom. The normalized spacial score (nSPS) is 12.6. The largest absolute Gasteiger partial charge is 0.419 e. The molecule has 0 aliphatic rings. The molecule has 1 unspecified atom stereocenters. The van der Waals surface area contributed by atoms with Crippen LogP contribution in [0.4, 0.5) is 5.69 Å². The van der Waals surface area contributed by atoms with Gasteiger partial charge in [0.2, 0.25) is 0 Å². The van der Waals surface area contributed by atoms with Crippen molar-refractivity contribution in [3.8, 4) is 0 Å². The Hall–Kier alpha value is -1.97. The predicted molar refractivity (Wildman–Crippen MR) is 74.0 cm³/mol. The predicted octanol–water partition coefficient (Wildman–Crippen LogP) is 2.90. The lowest BCUT2D eigenvalue weighted by atomic mass is 10.1. The van der Waals surface area contributed by atoms with E-state index >= 15 is 0 Å². The summed E-state index contributed by atoms with van der Waals surface area (Å²) in [6, 6.07) is 6.07. The second-order valence-corrected chi connectivity index (χ2v) is 4.52. The molecule has 0 amide bonds. The van der Waals surface area contributed by atoms with Gasteiger partial charge in [-0.1, -0.05) is 6.08 Å². The van der Waals surface area contributed by atoms with Gasteiger partial charge in [0.25, 0.3) is 0 Å². The molecule has 0 saturated heterocycles. The number of hydrogen-bond acceptors (Lipinski definition) is 3. The zero-order valence-electron chi connectivity index (χ0n) is 10.8. The molecule has 0 fully saturated rings. The van der Waals surface area contributed by atoms with Crippen molar-refractivity contribution in [1.82, 2.24) is 4.57 Å². The number of fused-ring (bicyclic) bond motifs is 1. The molecule has 0 saturated carbocycles. The molecule has 4 nitrogen and oxygen atoms in total. The van der Waals surface area contributed by atoms with Gasteiger partial charge in [0.15, 0.2) is 5.58 Å². The average Bonchev–Trinajstić information content (AvgIpc) is 2.62. The van der Waals surface area contributed by atoms with Crippen LogP contribution in [-0.4, -0.2) is 10.6 Å². The first-order valence-corrected chi connectivity index (χ1v) is 6.09. The lowest BCUT2D eigenvalue weighted by Crippen LogP contribution is -2.14. The number of aromatic nitrogens is 1. The second kappa shape index (κ2) is 5.12. The molecule has 0 spiro atoms. The zero-order valence-corrected chi connectivity index (χ0v) is 10.8. The molecule has 0 aliphatic heterocycles. The Morgan fingerprint density at radius 2 is 2.33 bits per heavy atom. The van der Waals surface area contributed by atoms with Gasteiger partial charge in [-0.25, -0.2) is 4.79 Å². The van der Waals surface area contributed by atoms with Gasteiger partial charge in [-0.3, -0.25) is 4.57 Å². The van der Waals surface area contributed by atoms with Crippen molar-refractivity contribution >= 4 is 16.8 Å². The molecular formula is C14H18N2O2. The summed E-state index contributed by atoms with van der Waals surface area (Å²) < 4.78 is 6.65. The van der Waals surface area contributed by atoms with Crippen LogP contribution >= 0.6 is 0 Å². The van der Waals surface area contributed by atoms with E-state index in [1.807, 2.05) is 24.3 Å². The van der Waals surface area contributed by atoms with Crippen LogP contribution in [0.2, 0.25) is 0 Å². The number of allylic oxidation sites excluding steroid dienone is 1. The Balaban J connectivity index is 2.20. The first-order valence-electron chi connectivity index (χ1n) is 6.09. The fraction of sp³-hybridized carbons (Fsp3) is 0.357. The molecule has 4 heteroatoms. The van der Waals surface area contributed by atoms with E-state index in [9.17, 15) is 4.79 Å². The van der Waals surface area contributed by atoms with Gasteiger partial charge in [-0.2, -0.15) is 0 Å². The maximum atomic E-state index is 11.4. The third-order valence-electron chi connectivity index (χ3n) is 3.01. The molecule has 0 bridgehead atoms. The number of hydrogen-bond donors (Lipinski definition) is 1. The van der Waals surface area contributed by atoms with Crippen molar-refractivity contribution in [2.45, 2.75) is 25.8 Å². The Morgan fingerprint density at radius 1 is 1.56 bits per heavy atom. The van der Waals surface area contributed by atoms with Gasteiger partial charge in [-0.05, 0) is 31.9 Å². The highest BCUT2D eigenvalue weighted by atomic mass is 16.4. The molecule has 1 N–H and O–H groups in total. The van der Waals surface area contributed by atoms with Gasteiger partial charge in [0.1, 0.15) is 0 Å². The van der Waals surface area contributed by atoms with Crippen molar-refractivity contribution in [3.05, 3.63) is 41.4 Å². The van der Waals surface area contributed by atoms with Gasteiger partial charge in [-0.15, -0.1) is 6.58 Å². The fourth-order valence-electron chi connectivity index (χ4n) is 1.95. The summed E-state index contributed by atoms with van der Waals surface area (Å²) in [5.74, 6) is -0.332. The molecule has 1 atom stereocenters. The van der Waals surface area contributed by atoms with Gasteiger partial charge >= 0.3 is 5.76 Å². The van der Waals surface area contributed by atoms with Crippen LogP contribution in [0.3, 0.4) is 0 Å². The number of oxazole rings is 1. The summed E-state index contributed by atoms with van der Waals surface area (Å²) in [4.78, 5) is 11.4. The minimum atomic E-state index is -0.332. The smallest absolute Gasteiger partial charge is 0.408 e. The Bertz CT molecular complexity index is 610. The fourth-order valence-corrected chi connectivity index (χ4v) is 1.95. The van der Waals surface area contributed by atoms with E-state index in [-0.39, 0.29) is 5.76 Å². The summed E-state index contributed by atoms with van der Waals surface area (Å²) in [7, 11) is 1.70. The molecule has 1 heterocycles. The van der Waals surface area contributed by atoms with Crippen molar-refractivity contribution < 1.29 is 4.42 Å². The number of nitrogens with one attached hydrogen (secondary N) is 1. The minimum Gasteiger partial charge on any atom is -0.408 e. The maximum absolute atomic E-state index is 11.4.